The van der Waals surface area contributed by atoms with Crippen molar-refractivity contribution in [2.75, 3.05) is 13.1 Å². The fourth-order valence-electron chi connectivity index (χ4n) is 3.12. The molecule has 0 aromatic carbocycles. The molecule has 0 bridgehead atoms. The normalized spacial score (nSPS) is 33.0. The average Bonchev–Trinajstić information content (AvgIpc) is 2.58. The van der Waals surface area contributed by atoms with Crippen molar-refractivity contribution in [1.82, 2.24) is 10.2 Å². The standard InChI is InChI=1S/C12H24N2/c1-10(2)14-9-12(6-4-5-7-12)13-8-11(14)3/h10-11,13H,4-9H2,1-3H3. The van der Waals surface area contributed by atoms with Gasteiger partial charge in [0, 0.05) is 30.7 Å². The molecule has 14 heavy (non-hydrogen) atoms. The third-order valence-electron chi connectivity index (χ3n) is 4.05. The van der Waals surface area contributed by atoms with Gasteiger partial charge in [0.05, 0.1) is 0 Å². The molecule has 0 aromatic rings. The van der Waals surface area contributed by atoms with Crippen LogP contribution in [-0.2, 0) is 0 Å². The Morgan fingerprint density at radius 3 is 2.50 bits per heavy atom. The van der Waals surface area contributed by atoms with E-state index in [1.807, 2.05) is 0 Å². The maximum atomic E-state index is 3.79. The zero-order valence-electron chi connectivity index (χ0n) is 9.84. The molecule has 1 saturated carbocycles. The molecule has 0 aromatic heterocycles. The fraction of sp³-hybridized carbons (Fsp3) is 1.00. The third-order valence-corrected chi connectivity index (χ3v) is 4.05. The van der Waals surface area contributed by atoms with Crippen molar-refractivity contribution in [2.24, 2.45) is 0 Å². The Morgan fingerprint density at radius 2 is 1.93 bits per heavy atom. The summed E-state index contributed by atoms with van der Waals surface area (Å²) in [5.74, 6) is 0. The minimum Gasteiger partial charge on any atom is -0.308 e. The monoisotopic (exact) mass is 196 g/mol. The Morgan fingerprint density at radius 1 is 1.29 bits per heavy atom. The first-order chi connectivity index (χ1) is 6.63. The molecule has 1 spiro atoms. The van der Waals surface area contributed by atoms with Gasteiger partial charge in [-0.2, -0.15) is 0 Å². The van der Waals surface area contributed by atoms with E-state index < -0.39 is 0 Å². The SMILES string of the molecule is CC(C)N1CC2(CCCC2)NCC1C. The van der Waals surface area contributed by atoms with Crippen molar-refractivity contribution in [3.05, 3.63) is 0 Å². The Hall–Kier alpha value is -0.0800. The summed E-state index contributed by atoms with van der Waals surface area (Å²) in [6.45, 7) is 9.44. The molecule has 1 aliphatic carbocycles. The first-order valence-corrected chi connectivity index (χ1v) is 6.14. The number of hydrogen-bond acceptors (Lipinski definition) is 2. The number of nitrogens with zero attached hydrogens (tertiary/aromatic N) is 1. The van der Waals surface area contributed by atoms with E-state index in [9.17, 15) is 0 Å². The number of piperazine rings is 1. The molecule has 0 radical (unpaired) electrons. The van der Waals surface area contributed by atoms with Crippen LogP contribution in [0.4, 0.5) is 0 Å². The summed E-state index contributed by atoms with van der Waals surface area (Å²) in [5.41, 5.74) is 0.483. The van der Waals surface area contributed by atoms with E-state index in [2.05, 4.69) is 31.0 Å². The number of hydrogen-bond donors (Lipinski definition) is 1. The van der Waals surface area contributed by atoms with Crippen molar-refractivity contribution < 1.29 is 0 Å². The minimum absolute atomic E-state index is 0.483. The third kappa shape index (κ3) is 1.82. The summed E-state index contributed by atoms with van der Waals surface area (Å²) in [6.07, 6.45) is 5.63. The van der Waals surface area contributed by atoms with Crippen molar-refractivity contribution >= 4 is 0 Å². The first-order valence-electron chi connectivity index (χ1n) is 6.14. The predicted octanol–water partition coefficient (Wildman–Crippen LogP) is 2.00. The highest BCUT2D eigenvalue weighted by Crippen LogP contribution is 2.33. The van der Waals surface area contributed by atoms with E-state index >= 15 is 0 Å². The van der Waals surface area contributed by atoms with Gasteiger partial charge in [0.2, 0.25) is 0 Å². The van der Waals surface area contributed by atoms with E-state index in [1.165, 1.54) is 38.8 Å². The molecule has 82 valence electrons. The molecule has 2 rings (SSSR count). The fourth-order valence-corrected chi connectivity index (χ4v) is 3.12. The van der Waals surface area contributed by atoms with Crippen LogP contribution in [0.15, 0.2) is 0 Å². The quantitative estimate of drug-likeness (QED) is 0.690. The van der Waals surface area contributed by atoms with Crippen LogP contribution in [0.1, 0.15) is 46.5 Å². The molecule has 2 aliphatic rings. The minimum atomic E-state index is 0.483. The molecular formula is C12H24N2. The van der Waals surface area contributed by atoms with E-state index in [0.717, 1.165) is 0 Å². The van der Waals surface area contributed by atoms with Crippen LogP contribution >= 0.6 is 0 Å². The molecule has 1 heterocycles. The second-order valence-corrected chi connectivity index (χ2v) is 5.48. The van der Waals surface area contributed by atoms with Gasteiger partial charge in [0.1, 0.15) is 0 Å². The Balaban J connectivity index is 2.04. The first kappa shape index (κ1) is 10.4. The van der Waals surface area contributed by atoms with E-state index in [0.29, 0.717) is 17.6 Å². The van der Waals surface area contributed by atoms with Gasteiger partial charge in [-0.3, -0.25) is 4.90 Å². The molecule has 2 fully saturated rings. The van der Waals surface area contributed by atoms with Crippen LogP contribution in [0.25, 0.3) is 0 Å². The molecule has 1 unspecified atom stereocenters. The lowest BCUT2D eigenvalue weighted by atomic mass is 9.92. The van der Waals surface area contributed by atoms with Gasteiger partial charge >= 0.3 is 0 Å². The molecule has 0 amide bonds. The molecule has 2 heteroatoms. The molecule has 1 N–H and O–H groups in total. The van der Waals surface area contributed by atoms with Gasteiger partial charge < -0.3 is 5.32 Å². The second-order valence-electron chi connectivity index (χ2n) is 5.48. The Labute approximate surface area is 88.1 Å². The Kier molecular flexibility index (Phi) is 2.85. The van der Waals surface area contributed by atoms with Gasteiger partial charge in [-0.15, -0.1) is 0 Å². The zero-order valence-corrected chi connectivity index (χ0v) is 9.84. The van der Waals surface area contributed by atoms with Gasteiger partial charge in [-0.05, 0) is 33.6 Å². The second kappa shape index (κ2) is 3.82. The summed E-state index contributed by atoms with van der Waals surface area (Å²) < 4.78 is 0. The van der Waals surface area contributed by atoms with Crippen LogP contribution in [0.2, 0.25) is 0 Å². The summed E-state index contributed by atoms with van der Waals surface area (Å²) in [7, 11) is 0. The number of nitrogens with one attached hydrogen (secondary N) is 1. The van der Waals surface area contributed by atoms with Gasteiger partial charge in [0.25, 0.3) is 0 Å². The zero-order chi connectivity index (χ0) is 10.2. The average molecular weight is 196 g/mol. The highest BCUT2D eigenvalue weighted by molar-refractivity contribution is 5.00. The van der Waals surface area contributed by atoms with Crippen molar-refractivity contribution in [1.29, 1.82) is 0 Å². The molecule has 1 saturated heterocycles. The highest BCUT2D eigenvalue weighted by Gasteiger charge is 2.40. The van der Waals surface area contributed by atoms with Crippen LogP contribution in [0, 0.1) is 0 Å². The van der Waals surface area contributed by atoms with Crippen molar-refractivity contribution in [3.8, 4) is 0 Å². The van der Waals surface area contributed by atoms with E-state index in [1.54, 1.807) is 0 Å². The van der Waals surface area contributed by atoms with Crippen LogP contribution < -0.4 is 5.32 Å². The van der Waals surface area contributed by atoms with Gasteiger partial charge in [0.15, 0.2) is 0 Å². The lowest BCUT2D eigenvalue weighted by Gasteiger charge is -2.47. The van der Waals surface area contributed by atoms with Crippen LogP contribution in [-0.4, -0.2) is 35.6 Å². The van der Waals surface area contributed by atoms with Crippen LogP contribution in [0.3, 0.4) is 0 Å². The van der Waals surface area contributed by atoms with Gasteiger partial charge in [-0.25, -0.2) is 0 Å². The molecule has 1 atom stereocenters. The Bertz CT molecular complexity index is 194. The summed E-state index contributed by atoms with van der Waals surface area (Å²) >= 11 is 0. The largest absolute Gasteiger partial charge is 0.308 e. The summed E-state index contributed by atoms with van der Waals surface area (Å²) in [4.78, 5) is 2.67. The number of rotatable bonds is 1. The lowest BCUT2D eigenvalue weighted by Crippen LogP contribution is -2.63. The molecule has 1 aliphatic heterocycles. The van der Waals surface area contributed by atoms with E-state index in [4.69, 9.17) is 0 Å². The summed E-state index contributed by atoms with van der Waals surface area (Å²) in [5, 5.41) is 3.79. The van der Waals surface area contributed by atoms with Crippen molar-refractivity contribution in [3.63, 3.8) is 0 Å². The maximum Gasteiger partial charge on any atom is 0.0309 e. The maximum absolute atomic E-state index is 3.79. The highest BCUT2D eigenvalue weighted by atomic mass is 15.3. The molecular weight excluding hydrogens is 172 g/mol. The predicted molar refractivity (Wildman–Crippen MR) is 60.5 cm³/mol. The summed E-state index contributed by atoms with van der Waals surface area (Å²) in [6, 6.07) is 1.41. The van der Waals surface area contributed by atoms with Crippen molar-refractivity contribution in [2.45, 2.75) is 64.1 Å². The van der Waals surface area contributed by atoms with Crippen LogP contribution in [0.5, 0.6) is 0 Å². The topological polar surface area (TPSA) is 15.3 Å². The van der Waals surface area contributed by atoms with Gasteiger partial charge in [-0.1, -0.05) is 12.8 Å². The smallest absolute Gasteiger partial charge is 0.0309 e. The lowest BCUT2D eigenvalue weighted by molar-refractivity contribution is 0.0631. The molecule has 2 nitrogen and oxygen atoms in total. The van der Waals surface area contributed by atoms with E-state index in [-0.39, 0.29) is 0 Å².